The molecule has 1 heterocycles. The standard InChI is InChI=1S/C21H22N2O3S/c1-3-26-21(24)19-22-16(2)20(27-18-12-8-5-9-13-18)23(19)15-25-14-17-10-6-4-7-11-17/h4-13H,3,14-15H2,1-2H3. The van der Waals surface area contributed by atoms with Crippen LogP contribution in [0.25, 0.3) is 0 Å². The van der Waals surface area contributed by atoms with Crippen LogP contribution in [-0.2, 0) is 22.8 Å². The second-order valence-electron chi connectivity index (χ2n) is 5.85. The van der Waals surface area contributed by atoms with Gasteiger partial charge in [0.25, 0.3) is 0 Å². The quantitative estimate of drug-likeness (QED) is 0.529. The van der Waals surface area contributed by atoms with Gasteiger partial charge in [-0.15, -0.1) is 0 Å². The van der Waals surface area contributed by atoms with E-state index in [1.807, 2.05) is 67.6 Å². The molecule has 0 bridgehead atoms. The molecule has 3 rings (SSSR count). The first-order valence-corrected chi connectivity index (χ1v) is 9.59. The minimum atomic E-state index is -0.441. The molecule has 0 saturated carbocycles. The number of esters is 1. The first kappa shape index (κ1) is 19.2. The Kier molecular flexibility index (Phi) is 6.68. The molecule has 0 radical (unpaired) electrons. The van der Waals surface area contributed by atoms with Crippen LogP contribution in [-0.4, -0.2) is 22.1 Å². The first-order chi connectivity index (χ1) is 13.2. The number of nitrogens with zero attached hydrogens (tertiary/aromatic N) is 2. The molecule has 0 amide bonds. The largest absolute Gasteiger partial charge is 0.460 e. The lowest BCUT2D eigenvalue weighted by Crippen LogP contribution is -2.15. The van der Waals surface area contributed by atoms with Crippen molar-refractivity contribution in [2.45, 2.75) is 37.1 Å². The van der Waals surface area contributed by atoms with Gasteiger partial charge in [-0.25, -0.2) is 9.78 Å². The highest BCUT2D eigenvalue weighted by Gasteiger charge is 2.22. The van der Waals surface area contributed by atoms with Crippen LogP contribution in [0.4, 0.5) is 0 Å². The van der Waals surface area contributed by atoms with Gasteiger partial charge in [0.2, 0.25) is 5.82 Å². The zero-order chi connectivity index (χ0) is 19.1. The van der Waals surface area contributed by atoms with Gasteiger partial charge in [0.15, 0.2) is 0 Å². The Balaban J connectivity index is 1.84. The summed E-state index contributed by atoms with van der Waals surface area (Å²) in [5.41, 5.74) is 1.85. The van der Waals surface area contributed by atoms with Gasteiger partial charge in [0, 0.05) is 4.90 Å². The fourth-order valence-electron chi connectivity index (χ4n) is 2.59. The van der Waals surface area contributed by atoms with E-state index in [1.165, 1.54) is 0 Å². The summed E-state index contributed by atoms with van der Waals surface area (Å²) in [6, 6.07) is 19.9. The van der Waals surface area contributed by atoms with E-state index in [9.17, 15) is 4.79 Å². The Morgan fingerprint density at radius 2 is 1.74 bits per heavy atom. The SMILES string of the molecule is CCOC(=O)c1nc(C)c(Sc2ccccc2)n1COCc1ccccc1. The molecule has 0 spiro atoms. The van der Waals surface area contributed by atoms with Crippen LogP contribution in [0.2, 0.25) is 0 Å². The Bertz CT molecular complexity index is 879. The van der Waals surface area contributed by atoms with E-state index >= 15 is 0 Å². The van der Waals surface area contributed by atoms with Crippen molar-refractivity contribution in [2.24, 2.45) is 0 Å². The summed E-state index contributed by atoms with van der Waals surface area (Å²) in [6.07, 6.45) is 0. The Labute approximate surface area is 163 Å². The smallest absolute Gasteiger partial charge is 0.374 e. The predicted octanol–water partition coefficient (Wildman–Crippen LogP) is 4.69. The molecule has 0 aliphatic rings. The van der Waals surface area contributed by atoms with Gasteiger partial charge in [-0.3, -0.25) is 4.57 Å². The van der Waals surface area contributed by atoms with Crippen LogP contribution in [0.3, 0.4) is 0 Å². The Morgan fingerprint density at radius 3 is 2.41 bits per heavy atom. The molecular weight excluding hydrogens is 360 g/mol. The van der Waals surface area contributed by atoms with E-state index in [4.69, 9.17) is 9.47 Å². The van der Waals surface area contributed by atoms with Crippen molar-refractivity contribution in [2.75, 3.05) is 6.61 Å². The highest BCUT2D eigenvalue weighted by atomic mass is 32.2. The highest BCUT2D eigenvalue weighted by molar-refractivity contribution is 7.99. The topological polar surface area (TPSA) is 53.3 Å². The summed E-state index contributed by atoms with van der Waals surface area (Å²) in [7, 11) is 0. The van der Waals surface area contributed by atoms with Gasteiger partial charge in [-0.1, -0.05) is 60.3 Å². The second-order valence-corrected chi connectivity index (χ2v) is 6.91. The van der Waals surface area contributed by atoms with Gasteiger partial charge in [-0.05, 0) is 31.5 Å². The van der Waals surface area contributed by atoms with Crippen molar-refractivity contribution in [3.05, 3.63) is 77.7 Å². The number of aromatic nitrogens is 2. The van der Waals surface area contributed by atoms with Crippen molar-refractivity contribution < 1.29 is 14.3 Å². The Morgan fingerprint density at radius 1 is 1.07 bits per heavy atom. The van der Waals surface area contributed by atoms with Crippen molar-refractivity contribution in [3.8, 4) is 0 Å². The monoisotopic (exact) mass is 382 g/mol. The van der Waals surface area contributed by atoms with Gasteiger partial charge in [0.05, 0.1) is 18.9 Å². The third kappa shape index (κ3) is 4.99. The summed E-state index contributed by atoms with van der Waals surface area (Å²) in [6.45, 7) is 4.65. The number of ether oxygens (including phenoxy) is 2. The number of rotatable bonds is 8. The maximum atomic E-state index is 12.3. The average molecular weight is 382 g/mol. The highest BCUT2D eigenvalue weighted by Crippen LogP contribution is 2.31. The average Bonchev–Trinajstić information content (AvgIpc) is 3.00. The van der Waals surface area contributed by atoms with E-state index in [2.05, 4.69) is 4.98 Å². The fraction of sp³-hybridized carbons (Fsp3) is 0.238. The van der Waals surface area contributed by atoms with Crippen LogP contribution in [0.5, 0.6) is 0 Å². The van der Waals surface area contributed by atoms with Crippen LogP contribution in [0, 0.1) is 6.92 Å². The molecule has 1 aromatic heterocycles. The molecule has 3 aromatic rings. The number of imidazole rings is 1. The van der Waals surface area contributed by atoms with Gasteiger partial charge in [-0.2, -0.15) is 0 Å². The Hall–Kier alpha value is -2.57. The zero-order valence-electron chi connectivity index (χ0n) is 15.4. The maximum absolute atomic E-state index is 12.3. The molecule has 0 aliphatic heterocycles. The number of hydrogen-bond acceptors (Lipinski definition) is 5. The summed E-state index contributed by atoms with van der Waals surface area (Å²) >= 11 is 1.56. The predicted molar refractivity (Wildman–Crippen MR) is 105 cm³/mol. The fourth-order valence-corrected chi connectivity index (χ4v) is 3.55. The lowest BCUT2D eigenvalue weighted by atomic mass is 10.2. The summed E-state index contributed by atoms with van der Waals surface area (Å²) in [5.74, 6) is -0.176. The number of aryl methyl sites for hydroxylation is 1. The molecule has 0 unspecified atom stereocenters. The zero-order valence-corrected chi connectivity index (χ0v) is 16.2. The van der Waals surface area contributed by atoms with Gasteiger partial charge >= 0.3 is 5.97 Å². The number of benzene rings is 2. The van der Waals surface area contributed by atoms with Gasteiger partial charge < -0.3 is 9.47 Å². The van der Waals surface area contributed by atoms with Crippen LogP contribution >= 0.6 is 11.8 Å². The summed E-state index contributed by atoms with van der Waals surface area (Å²) < 4.78 is 12.8. The van der Waals surface area contributed by atoms with E-state index in [1.54, 1.807) is 23.3 Å². The number of carbonyl (C=O) groups is 1. The molecule has 27 heavy (non-hydrogen) atoms. The lowest BCUT2D eigenvalue weighted by molar-refractivity contribution is 0.0406. The van der Waals surface area contributed by atoms with Crippen molar-refractivity contribution in [3.63, 3.8) is 0 Å². The van der Waals surface area contributed by atoms with E-state index < -0.39 is 5.97 Å². The maximum Gasteiger partial charge on any atom is 0.374 e. The summed E-state index contributed by atoms with van der Waals surface area (Å²) in [4.78, 5) is 17.9. The molecule has 6 heteroatoms. The third-order valence-corrected chi connectivity index (χ3v) is 5.05. The van der Waals surface area contributed by atoms with Crippen molar-refractivity contribution in [1.82, 2.24) is 9.55 Å². The lowest BCUT2D eigenvalue weighted by Gasteiger charge is -2.12. The van der Waals surface area contributed by atoms with E-state index in [0.717, 1.165) is 21.2 Å². The molecular formula is C21H22N2O3S. The molecule has 5 nitrogen and oxygen atoms in total. The van der Waals surface area contributed by atoms with Crippen LogP contribution < -0.4 is 0 Å². The molecule has 0 N–H and O–H groups in total. The van der Waals surface area contributed by atoms with E-state index in [0.29, 0.717) is 13.2 Å². The summed E-state index contributed by atoms with van der Waals surface area (Å²) in [5, 5.41) is 0.873. The minimum Gasteiger partial charge on any atom is -0.460 e. The first-order valence-electron chi connectivity index (χ1n) is 8.78. The molecule has 140 valence electrons. The molecule has 0 aliphatic carbocycles. The van der Waals surface area contributed by atoms with E-state index in [-0.39, 0.29) is 12.6 Å². The minimum absolute atomic E-state index is 0.221. The number of carbonyl (C=O) groups excluding carboxylic acids is 1. The molecule has 0 atom stereocenters. The molecule has 2 aromatic carbocycles. The van der Waals surface area contributed by atoms with Crippen molar-refractivity contribution >= 4 is 17.7 Å². The van der Waals surface area contributed by atoms with Crippen LogP contribution in [0.1, 0.15) is 28.8 Å². The van der Waals surface area contributed by atoms with Gasteiger partial charge in [0.1, 0.15) is 11.8 Å². The van der Waals surface area contributed by atoms with Crippen molar-refractivity contribution in [1.29, 1.82) is 0 Å². The van der Waals surface area contributed by atoms with Crippen LogP contribution in [0.15, 0.2) is 70.6 Å². The molecule has 0 fully saturated rings. The second kappa shape index (κ2) is 9.39. The molecule has 0 saturated heterocycles. The third-order valence-electron chi connectivity index (χ3n) is 3.83. The normalized spacial score (nSPS) is 10.7. The number of hydrogen-bond donors (Lipinski definition) is 0.